The van der Waals surface area contributed by atoms with Crippen molar-refractivity contribution in [2.24, 2.45) is 0 Å². The van der Waals surface area contributed by atoms with Gasteiger partial charge in [0.05, 0.1) is 16.8 Å². The molecule has 0 radical (unpaired) electrons. The van der Waals surface area contributed by atoms with Gasteiger partial charge in [-0.15, -0.1) is 11.3 Å². The number of carboxylic acids is 1. The number of hydrogen-bond acceptors (Lipinski definition) is 4. The number of carboxylic acid groups (broad SMARTS) is 1. The van der Waals surface area contributed by atoms with Gasteiger partial charge in [0.15, 0.2) is 0 Å². The van der Waals surface area contributed by atoms with Crippen molar-refractivity contribution in [3.63, 3.8) is 0 Å². The van der Waals surface area contributed by atoms with Gasteiger partial charge in [-0.05, 0) is 31.0 Å². The molecule has 0 unspecified atom stereocenters. The fourth-order valence-electron chi connectivity index (χ4n) is 1.73. The second-order valence-corrected chi connectivity index (χ2v) is 5.49. The molecule has 0 spiro atoms. The number of aryl methyl sites for hydroxylation is 1. The third-order valence-corrected chi connectivity index (χ3v) is 3.63. The van der Waals surface area contributed by atoms with Crippen LogP contribution in [0.4, 0.5) is 0 Å². The highest BCUT2D eigenvalue weighted by molar-refractivity contribution is 7.13. The van der Waals surface area contributed by atoms with E-state index in [0.717, 1.165) is 10.6 Å². The van der Waals surface area contributed by atoms with Crippen molar-refractivity contribution < 1.29 is 14.7 Å². The Morgan fingerprint density at radius 3 is 2.85 bits per heavy atom. The zero-order valence-electron chi connectivity index (χ0n) is 10.9. The van der Waals surface area contributed by atoms with E-state index >= 15 is 0 Å². The average molecular weight is 290 g/mol. The number of hydrogen-bond donors (Lipinski definition) is 2. The van der Waals surface area contributed by atoms with Crippen LogP contribution in [0, 0.1) is 6.92 Å². The molecule has 104 valence electrons. The zero-order valence-corrected chi connectivity index (χ0v) is 11.7. The van der Waals surface area contributed by atoms with E-state index in [1.54, 1.807) is 24.4 Å². The lowest BCUT2D eigenvalue weighted by Crippen LogP contribution is -2.24. The Kier molecular flexibility index (Phi) is 4.47. The van der Waals surface area contributed by atoms with Crippen LogP contribution >= 0.6 is 11.3 Å². The zero-order chi connectivity index (χ0) is 14.5. The van der Waals surface area contributed by atoms with Crippen molar-refractivity contribution in [3.05, 3.63) is 51.5 Å². The molecule has 6 heteroatoms. The summed E-state index contributed by atoms with van der Waals surface area (Å²) in [6, 6.07) is 6.71. The summed E-state index contributed by atoms with van der Waals surface area (Å²) in [6.45, 7) is 2.30. The predicted molar refractivity (Wildman–Crippen MR) is 76.3 cm³/mol. The van der Waals surface area contributed by atoms with E-state index in [1.807, 2.05) is 13.0 Å². The number of aromatic nitrogens is 1. The lowest BCUT2D eigenvalue weighted by Gasteiger charge is -2.04. The summed E-state index contributed by atoms with van der Waals surface area (Å²) in [5.41, 5.74) is 1.14. The van der Waals surface area contributed by atoms with Crippen LogP contribution in [-0.2, 0) is 6.42 Å². The lowest BCUT2D eigenvalue weighted by atomic mass is 10.1. The van der Waals surface area contributed by atoms with Crippen molar-refractivity contribution in [2.75, 3.05) is 6.54 Å². The van der Waals surface area contributed by atoms with Crippen LogP contribution in [0.2, 0.25) is 0 Å². The minimum Gasteiger partial charge on any atom is -0.478 e. The van der Waals surface area contributed by atoms with E-state index < -0.39 is 5.97 Å². The second kappa shape index (κ2) is 6.29. The molecule has 0 aliphatic heterocycles. The van der Waals surface area contributed by atoms with Crippen LogP contribution < -0.4 is 5.32 Å². The maximum absolute atomic E-state index is 11.8. The fraction of sp³-hybridized carbons (Fsp3) is 0.214. The normalized spacial score (nSPS) is 10.2. The van der Waals surface area contributed by atoms with E-state index in [-0.39, 0.29) is 11.5 Å². The fourth-order valence-corrected chi connectivity index (χ4v) is 2.43. The van der Waals surface area contributed by atoms with E-state index in [4.69, 9.17) is 5.11 Å². The van der Waals surface area contributed by atoms with Crippen molar-refractivity contribution >= 4 is 23.2 Å². The van der Waals surface area contributed by atoms with Crippen LogP contribution in [0.5, 0.6) is 0 Å². The molecule has 20 heavy (non-hydrogen) atoms. The first-order chi connectivity index (χ1) is 9.56. The van der Waals surface area contributed by atoms with Crippen LogP contribution in [0.1, 0.15) is 30.6 Å². The van der Waals surface area contributed by atoms with E-state index in [0.29, 0.717) is 17.8 Å². The Morgan fingerprint density at radius 2 is 2.20 bits per heavy atom. The third-order valence-electron chi connectivity index (χ3n) is 2.72. The molecule has 0 bridgehead atoms. The highest BCUT2D eigenvalue weighted by Gasteiger charge is 2.08. The number of thiazole rings is 1. The van der Waals surface area contributed by atoms with Crippen molar-refractivity contribution in [1.29, 1.82) is 0 Å². The molecule has 1 amide bonds. The monoisotopic (exact) mass is 290 g/mol. The van der Waals surface area contributed by atoms with Gasteiger partial charge in [0.1, 0.15) is 4.88 Å². The van der Waals surface area contributed by atoms with Gasteiger partial charge in [0.25, 0.3) is 5.91 Å². The number of carbonyl (C=O) groups excluding carboxylic acids is 1. The summed E-state index contributed by atoms with van der Waals surface area (Å²) in [5.74, 6) is -1.10. The smallest absolute Gasteiger partial charge is 0.335 e. The lowest BCUT2D eigenvalue weighted by molar-refractivity contribution is 0.0696. The van der Waals surface area contributed by atoms with E-state index in [9.17, 15) is 9.59 Å². The van der Waals surface area contributed by atoms with Crippen molar-refractivity contribution in [3.8, 4) is 0 Å². The number of amides is 1. The molecular weight excluding hydrogens is 276 g/mol. The Hall–Kier alpha value is -2.21. The van der Waals surface area contributed by atoms with Crippen molar-refractivity contribution in [1.82, 2.24) is 10.3 Å². The van der Waals surface area contributed by atoms with Gasteiger partial charge < -0.3 is 10.4 Å². The predicted octanol–water partition coefficient (Wildman–Crippen LogP) is 2.12. The summed E-state index contributed by atoms with van der Waals surface area (Å²) in [7, 11) is 0. The number of nitrogens with zero attached hydrogens (tertiary/aromatic N) is 1. The first-order valence-corrected chi connectivity index (χ1v) is 6.91. The molecule has 5 nitrogen and oxygen atoms in total. The number of carbonyl (C=O) groups is 2. The van der Waals surface area contributed by atoms with Gasteiger partial charge in [0.2, 0.25) is 0 Å². The topological polar surface area (TPSA) is 79.3 Å². The molecule has 2 aromatic rings. The maximum atomic E-state index is 11.8. The second-order valence-electron chi connectivity index (χ2n) is 4.25. The van der Waals surface area contributed by atoms with Crippen LogP contribution in [0.15, 0.2) is 30.5 Å². The molecule has 0 aliphatic rings. The van der Waals surface area contributed by atoms with Gasteiger partial charge in [-0.2, -0.15) is 0 Å². The minimum absolute atomic E-state index is 0.148. The summed E-state index contributed by atoms with van der Waals surface area (Å²) in [6.07, 6.45) is 2.14. The van der Waals surface area contributed by atoms with E-state index in [2.05, 4.69) is 10.3 Å². The third kappa shape index (κ3) is 3.64. The Morgan fingerprint density at radius 1 is 1.40 bits per heavy atom. The van der Waals surface area contributed by atoms with Gasteiger partial charge >= 0.3 is 5.97 Å². The summed E-state index contributed by atoms with van der Waals surface area (Å²) in [5, 5.41) is 12.5. The highest BCUT2D eigenvalue weighted by atomic mass is 32.1. The molecule has 0 saturated heterocycles. The molecule has 0 aliphatic carbocycles. The first kappa shape index (κ1) is 14.2. The van der Waals surface area contributed by atoms with Gasteiger partial charge in [0, 0.05) is 6.54 Å². The molecule has 0 saturated carbocycles. The van der Waals surface area contributed by atoms with Crippen molar-refractivity contribution in [2.45, 2.75) is 13.3 Å². The minimum atomic E-state index is -0.948. The average Bonchev–Trinajstić information content (AvgIpc) is 2.86. The Labute approximate surface area is 120 Å². The van der Waals surface area contributed by atoms with E-state index in [1.165, 1.54) is 11.3 Å². The highest BCUT2D eigenvalue weighted by Crippen LogP contribution is 2.11. The molecule has 2 N–H and O–H groups in total. The largest absolute Gasteiger partial charge is 0.478 e. The Balaban J connectivity index is 1.88. The van der Waals surface area contributed by atoms with Gasteiger partial charge in [-0.3, -0.25) is 4.79 Å². The van der Waals surface area contributed by atoms with Crippen LogP contribution in [0.3, 0.4) is 0 Å². The molecule has 1 aromatic carbocycles. The molecule has 1 heterocycles. The SMILES string of the molecule is Cc1ncc(C(=O)NCCc2cccc(C(=O)O)c2)s1. The van der Waals surface area contributed by atoms with Crippen LogP contribution in [-0.4, -0.2) is 28.5 Å². The molecule has 2 rings (SSSR count). The van der Waals surface area contributed by atoms with Crippen LogP contribution in [0.25, 0.3) is 0 Å². The number of benzene rings is 1. The molecular formula is C14H14N2O3S. The quantitative estimate of drug-likeness (QED) is 0.884. The standard InChI is InChI=1S/C14H14N2O3S/c1-9-16-8-12(20-9)13(17)15-6-5-10-3-2-4-11(7-10)14(18)19/h2-4,7-8H,5-6H2,1H3,(H,15,17)(H,18,19). The maximum Gasteiger partial charge on any atom is 0.335 e. The summed E-state index contributed by atoms with van der Waals surface area (Å²) in [4.78, 5) is 27.2. The number of aromatic carboxylic acids is 1. The van der Waals surface area contributed by atoms with Gasteiger partial charge in [-0.25, -0.2) is 9.78 Å². The first-order valence-electron chi connectivity index (χ1n) is 6.09. The summed E-state index contributed by atoms with van der Waals surface area (Å²) < 4.78 is 0. The molecule has 0 atom stereocenters. The Bertz CT molecular complexity index is 637. The van der Waals surface area contributed by atoms with Gasteiger partial charge in [-0.1, -0.05) is 12.1 Å². The molecule has 0 fully saturated rings. The number of nitrogens with one attached hydrogen (secondary N) is 1. The summed E-state index contributed by atoms with van der Waals surface area (Å²) >= 11 is 1.35. The number of rotatable bonds is 5. The molecule has 1 aromatic heterocycles.